The van der Waals surface area contributed by atoms with Crippen LogP contribution in [0.1, 0.15) is 67.1 Å². The third kappa shape index (κ3) is 8.04. The number of methoxy groups -OCH3 is 1. The molecule has 4 rings (SSSR count). The molecule has 1 atom stereocenters. The molecule has 4 aromatic carbocycles. The van der Waals surface area contributed by atoms with E-state index in [9.17, 15) is 4.79 Å². The number of carbonyl (C=O) groups excluding carboxylic acids is 1. The van der Waals surface area contributed by atoms with Gasteiger partial charge in [-0.25, -0.2) is 0 Å². The number of anilines is 2. The number of benzene rings is 4. The molecular weight excluding hydrogens is 512 g/mol. The van der Waals surface area contributed by atoms with Crippen molar-refractivity contribution in [3.8, 4) is 17.2 Å². The molecule has 0 spiro atoms. The lowest BCUT2D eigenvalue weighted by Gasteiger charge is -2.20. The van der Waals surface area contributed by atoms with Gasteiger partial charge in [0.2, 0.25) is 0 Å². The van der Waals surface area contributed by atoms with Crippen LogP contribution in [0.5, 0.6) is 17.2 Å². The number of rotatable bonds is 13. The van der Waals surface area contributed by atoms with E-state index in [2.05, 4.69) is 38.3 Å². The van der Waals surface area contributed by atoms with Gasteiger partial charge in [0.25, 0.3) is 5.91 Å². The molecule has 6 heteroatoms. The molecule has 214 valence electrons. The summed E-state index contributed by atoms with van der Waals surface area (Å²) in [7, 11) is 1.64. The van der Waals surface area contributed by atoms with E-state index in [1.807, 2.05) is 91.0 Å². The zero-order valence-corrected chi connectivity index (χ0v) is 24.6. The van der Waals surface area contributed by atoms with E-state index in [-0.39, 0.29) is 17.9 Å². The predicted molar refractivity (Wildman–Crippen MR) is 166 cm³/mol. The molecule has 41 heavy (non-hydrogen) atoms. The Morgan fingerprint density at radius 1 is 0.756 bits per heavy atom. The Balaban J connectivity index is 1.66. The van der Waals surface area contributed by atoms with Gasteiger partial charge in [0.1, 0.15) is 30.5 Å². The average molecular weight is 553 g/mol. The van der Waals surface area contributed by atoms with E-state index in [1.165, 1.54) is 0 Å². The summed E-state index contributed by atoms with van der Waals surface area (Å²) in [5, 5.41) is 6.52. The maximum Gasteiger partial charge on any atom is 0.259 e. The van der Waals surface area contributed by atoms with Gasteiger partial charge in [0.15, 0.2) is 0 Å². The molecule has 1 unspecified atom stereocenters. The first-order valence-corrected chi connectivity index (χ1v) is 14.1. The molecular formula is C35H40N2O4. The van der Waals surface area contributed by atoms with Crippen LogP contribution in [0.25, 0.3) is 0 Å². The van der Waals surface area contributed by atoms with Crippen LogP contribution in [0.4, 0.5) is 11.4 Å². The first-order chi connectivity index (χ1) is 19.9. The van der Waals surface area contributed by atoms with Crippen molar-refractivity contribution in [2.75, 3.05) is 17.7 Å². The van der Waals surface area contributed by atoms with E-state index in [0.717, 1.165) is 34.5 Å². The summed E-state index contributed by atoms with van der Waals surface area (Å²) in [6.45, 7) is 9.15. The number of hydrogen-bond donors (Lipinski definition) is 2. The summed E-state index contributed by atoms with van der Waals surface area (Å²) in [4.78, 5) is 13.8. The number of carbonyl (C=O) groups is 1. The van der Waals surface area contributed by atoms with Crippen LogP contribution in [0, 0.1) is 0 Å². The van der Waals surface area contributed by atoms with Crippen LogP contribution in [-0.4, -0.2) is 19.1 Å². The molecule has 1 amide bonds. The molecule has 0 aliphatic carbocycles. The Labute approximate surface area is 243 Å². The Morgan fingerprint density at radius 3 is 1.93 bits per heavy atom. The van der Waals surface area contributed by atoms with Crippen molar-refractivity contribution in [3.63, 3.8) is 0 Å². The third-order valence-corrected chi connectivity index (χ3v) is 6.92. The normalized spacial score (nSPS) is 11.6. The molecule has 0 aromatic heterocycles. The smallest absolute Gasteiger partial charge is 0.259 e. The molecule has 0 fully saturated rings. The quantitative estimate of drug-likeness (QED) is 0.174. The second-order valence-corrected chi connectivity index (χ2v) is 10.4. The highest BCUT2D eigenvalue weighted by Crippen LogP contribution is 2.36. The first-order valence-electron chi connectivity index (χ1n) is 14.1. The number of ether oxygens (including phenoxy) is 3. The SMILES string of the molecule is CCC(C)Nc1cc(NC(=O)c2cc(C(C)C)c(OCc3ccccc3)cc2OCc2ccccc2)ccc1OC. The summed E-state index contributed by atoms with van der Waals surface area (Å²) in [6, 6.07) is 29.5. The van der Waals surface area contributed by atoms with Crippen LogP contribution in [0.3, 0.4) is 0 Å². The summed E-state index contributed by atoms with van der Waals surface area (Å²) >= 11 is 0. The second kappa shape index (κ2) is 14.3. The summed E-state index contributed by atoms with van der Waals surface area (Å²) in [5.74, 6) is 1.75. The molecule has 0 radical (unpaired) electrons. The van der Waals surface area contributed by atoms with Gasteiger partial charge >= 0.3 is 0 Å². The van der Waals surface area contributed by atoms with Crippen molar-refractivity contribution in [1.82, 2.24) is 0 Å². The minimum atomic E-state index is -0.260. The molecule has 0 aliphatic rings. The maximum atomic E-state index is 13.8. The van der Waals surface area contributed by atoms with Crippen molar-refractivity contribution in [2.45, 2.75) is 59.3 Å². The predicted octanol–water partition coefficient (Wildman–Crippen LogP) is 8.44. The highest BCUT2D eigenvalue weighted by molar-refractivity contribution is 6.06. The monoisotopic (exact) mass is 552 g/mol. The van der Waals surface area contributed by atoms with Crippen LogP contribution < -0.4 is 24.8 Å². The van der Waals surface area contributed by atoms with Crippen LogP contribution in [0.15, 0.2) is 91.0 Å². The lowest BCUT2D eigenvalue weighted by atomic mass is 9.98. The van der Waals surface area contributed by atoms with E-state index < -0.39 is 0 Å². The van der Waals surface area contributed by atoms with Crippen LogP contribution in [0.2, 0.25) is 0 Å². The highest BCUT2D eigenvalue weighted by Gasteiger charge is 2.21. The molecule has 0 saturated carbocycles. The molecule has 6 nitrogen and oxygen atoms in total. The second-order valence-electron chi connectivity index (χ2n) is 10.4. The topological polar surface area (TPSA) is 68.8 Å². The fraction of sp³-hybridized carbons (Fsp3) is 0.286. The van der Waals surface area contributed by atoms with Gasteiger partial charge in [0.05, 0.1) is 18.4 Å². The average Bonchev–Trinajstić information content (AvgIpc) is 2.99. The van der Waals surface area contributed by atoms with Gasteiger partial charge in [-0.3, -0.25) is 4.79 Å². The number of nitrogens with one attached hydrogen (secondary N) is 2. The first kappa shape index (κ1) is 29.5. The van der Waals surface area contributed by atoms with Crippen molar-refractivity contribution in [1.29, 1.82) is 0 Å². The minimum Gasteiger partial charge on any atom is -0.495 e. The van der Waals surface area contributed by atoms with Crippen molar-refractivity contribution >= 4 is 17.3 Å². The van der Waals surface area contributed by atoms with Crippen LogP contribution >= 0.6 is 0 Å². The fourth-order valence-electron chi connectivity index (χ4n) is 4.39. The molecule has 0 heterocycles. The van der Waals surface area contributed by atoms with E-state index in [1.54, 1.807) is 7.11 Å². The van der Waals surface area contributed by atoms with Gasteiger partial charge in [-0.05, 0) is 60.2 Å². The van der Waals surface area contributed by atoms with Crippen LogP contribution in [-0.2, 0) is 13.2 Å². The minimum absolute atomic E-state index is 0.128. The molecule has 0 saturated heterocycles. The third-order valence-electron chi connectivity index (χ3n) is 6.92. The van der Waals surface area contributed by atoms with Gasteiger partial charge in [0, 0.05) is 17.8 Å². The van der Waals surface area contributed by atoms with Gasteiger partial charge in [-0.2, -0.15) is 0 Å². The van der Waals surface area contributed by atoms with Crippen molar-refractivity contribution in [2.24, 2.45) is 0 Å². The summed E-state index contributed by atoms with van der Waals surface area (Å²) in [6.07, 6.45) is 0.957. The Bertz CT molecular complexity index is 1420. The molecule has 2 N–H and O–H groups in total. The Kier molecular flexibility index (Phi) is 10.3. The summed E-state index contributed by atoms with van der Waals surface area (Å²) < 4.78 is 18.1. The van der Waals surface area contributed by atoms with Crippen molar-refractivity contribution < 1.29 is 19.0 Å². The molecule has 4 aromatic rings. The number of amides is 1. The Hall–Kier alpha value is -4.45. The zero-order chi connectivity index (χ0) is 29.2. The van der Waals surface area contributed by atoms with Crippen molar-refractivity contribution in [3.05, 3.63) is 113 Å². The lowest BCUT2D eigenvalue weighted by molar-refractivity contribution is 0.102. The maximum absolute atomic E-state index is 13.8. The lowest BCUT2D eigenvalue weighted by Crippen LogP contribution is -2.17. The van der Waals surface area contributed by atoms with E-state index >= 15 is 0 Å². The van der Waals surface area contributed by atoms with E-state index in [4.69, 9.17) is 14.2 Å². The highest BCUT2D eigenvalue weighted by atomic mass is 16.5. The number of hydrogen-bond acceptors (Lipinski definition) is 5. The molecule has 0 aliphatic heterocycles. The van der Waals surface area contributed by atoms with Gasteiger partial charge < -0.3 is 24.8 Å². The summed E-state index contributed by atoms with van der Waals surface area (Å²) in [5.41, 5.74) is 4.95. The molecule has 0 bridgehead atoms. The fourth-order valence-corrected chi connectivity index (χ4v) is 4.39. The standard InChI is InChI=1S/C35H40N2O4/c1-6-25(4)36-31-19-28(17-18-32(31)39-5)37-35(38)30-20-29(24(2)3)33(40-22-26-13-9-7-10-14-26)21-34(30)41-23-27-15-11-8-12-16-27/h7-21,24-25,36H,6,22-23H2,1-5H3,(H,37,38). The Morgan fingerprint density at radius 2 is 1.37 bits per heavy atom. The largest absolute Gasteiger partial charge is 0.495 e. The zero-order valence-electron chi connectivity index (χ0n) is 24.6. The van der Waals surface area contributed by atoms with Gasteiger partial charge in [-0.1, -0.05) is 81.4 Å². The van der Waals surface area contributed by atoms with E-state index in [0.29, 0.717) is 36.0 Å². The van der Waals surface area contributed by atoms with Gasteiger partial charge in [-0.15, -0.1) is 0 Å².